The van der Waals surface area contributed by atoms with E-state index in [-0.39, 0.29) is 18.4 Å². The van der Waals surface area contributed by atoms with E-state index in [9.17, 15) is 4.79 Å². The highest BCUT2D eigenvalue weighted by Gasteiger charge is 2.26. The first-order valence-corrected chi connectivity index (χ1v) is 7.67. The summed E-state index contributed by atoms with van der Waals surface area (Å²) in [5.74, 6) is 1.51. The third kappa shape index (κ3) is 2.35. The summed E-state index contributed by atoms with van der Waals surface area (Å²) in [5, 5.41) is 0.959. The average Bonchev–Trinajstić information content (AvgIpc) is 3.32. The maximum absolute atomic E-state index is 12.1. The quantitative estimate of drug-likeness (QED) is 0.530. The molecule has 1 aromatic heterocycles. The molecule has 0 saturated heterocycles. The average molecular weight is 333 g/mol. The lowest BCUT2D eigenvalue weighted by atomic mass is 10.2. The van der Waals surface area contributed by atoms with Gasteiger partial charge in [0.2, 0.25) is 12.7 Å². The van der Waals surface area contributed by atoms with Crippen LogP contribution in [-0.4, -0.2) is 18.7 Å². The number of cyclic esters (lactones) is 1. The van der Waals surface area contributed by atoms with E-state index in [4.69, 9.17) is 18.6 Å². The molecule has 0 spiro atoms. The molecule has 0 saturated carbocycles. The number of para-hydroxylation sites is 1. The van der Waals surface area contributed by atoms with E-state index in [0.717, 1.165) is 11.0 Å². The minimum Gasteiger partial charge on any atom is -0.457 e. The molecule has 25 heavy (non-hydrogen) atoms. The molecular weight excluding hydrogens is 322 g/mol. The molecule has 3 heterocycles. The third-order valence-electron chi connectivity index (χ3n) is 3.96. The SMILES string of the molecule is O=C1OC(c2ccc3c(c2)OCO3)=NC1=Cc1cc2ccccc2o1. The van der Waals surface area contributed by atoms with Gasteiger partial charge in [0.05, 0.1) is 0 Å². The summed E-state index contributed by atoms with van der Waals surface area (Å²) in [5.41, 5.74) is 1.58. The summed E-state index contributed by atoms with van der Waals surface area (Å²) in [6.07, 6.45) is 1.57. The van der Waals surface area contributed by atoms with Gasteiger partial charge in [-0.15, -0.1) is 0 Å². The molecule has 0 atom stereocenters. The predicted octanol–water partition coefficient (Wildman–Crippen LogP) is 3.51. The van der Waals surface area contributed by atoms with Crippen LogP contribution >= 0.6 is 0 Å². The van der Waals surface area contributed by atoms with Gasteiger partial charge in [-0.05, 0) is 30.3 Å². The maximum Gasteiger partial charge on any atom is 0.363 e. The van der Waals surface area contributed by atoms with E-state index >= 15 is 0 Å². The molecule has 0 fully saturated rings. The zero-order chi connectivity index (χ0) is 16.8. The Bertz CT molecular complexity index is 1040. The van der Waals surface area contributed by atoms with Crippen LogP contribution in [0.15, 0.2) is 63.6 Å². The van der Waals surface area contributed by atoms with Gasteiger partial charge in [-0.2, -0.15) is 0 Å². The van der Waals surface area contributed by atoms with Crippen LogP contribution < -0.4 is 9.47 Å². The Morgan fingerprint density at radius 2 is 1.88 bits per heavy atom. The number of esters is 1. The number of hydrogen-bond donors (Lipinski definition) is 0. The van der Waals surface area contributed by atoms with Crippen molar-refractivity contribution >= 4 is 28.9 Å². The van der Waals surface area contributed by atoms with Crippen molar-refractivity contribution in [1.29, 1.82) is 0 Å². The van der Waals surface area contributed by atoms with E-state index in [1.807, 2.05) is 30.3 Å². The second kappa shape index (κ2) is 5.24. The first-order valence-electron chi connectivity index (χ1n) is 7.67. The van der Waals surface area contributed by atoms with Crippen molar-refractivity contribution in [2.45, 2.75) is 0 Å². The van der Waals surface area contributed by atoms with Gasteiger partial charge in [-0.3, -0.25) is 0 Å². The molecule has 6 heteroatoms. The first-order chi connectivity index (χ1) is 12.3. The Morgan fingerprint density at radius 1 is 1.00 bits per heavy atom. The Hall–Kier alpha value is -3.54. The molecule has 0 amide bonds. The van der Waals surface area contributed by atoms with Crippen LogP contribution in [0, 0.1) is 0 Å². The number of ether oxygens (including phenoxy) is 3. The van der Waals surface area contributed by atoms with Gasteiger partial charge in [0.25, 0.3) is 0 Å². The second-order valence-electron chi connectivity index (χ2n) is 5.59. The molecule has 0 N–H and O–H groups in total. The molecular formula is C19H11NO5. The molecule has 2 aliphatic heterocycles. The van der Waals surface area contributed by atoms with Gasteiger partial charge < -0.3 is 18.6 Å². The van der Waals surface area contributed by atoms with Crippen molar-refractivity contribution < 1.29 is 23.4 Å². The molecule has 0 unspecified atom stereocenters. The Kier molecular flexibility index (Phi) is 2.90. The van der Waals surface area contributed by atoms with Crippen LogP contribution in [0.3, 0.4) is 0 Å². The van der Waals surface area contributed by atoms with Crippen molar-refractivity contribution in [3.8, 4) is 11.5 Å². The Morgan fingerprint density at radius 3 is 2.80 bits per heavy atom. The number of aliphatic imine (C=N–C) groups is 1. The van der Waals surface area contributed by atoms with Crippen molar-refractivity contribution in [1.82, 2.24) is 0 Å². The molecule has 0 radical (unpaired) electrons. The molecule has 0 aliphatic carbocycles. The van der Waals surface area contributed by atoms with Crippen LogP contribution in [0.5, 0.6) is 11.5 Å². The lowest BCUT2D eigenvalue weighted by molar-refractivity contribution is -0.129. The molecule has 5 rings (SSSR count). The number of nitrogens with zero attached hydrogens (tertiary/aromatic N) is 1. The Labute approximate surface area is 141 Å². The fraction of sp³-hybridized carbons (Fsp3) is 0.0526. The van der Waals surface area contributed by atoms with Crippen molar-refractivity contribution in [2.24, 2.45) is 4.99 Å². The fourth-order valence-electron chi connectivity index (χ4n) is 2.77. The number of fused-ring (bicyclic) bond motifs is 2. The minimum absolute atomic E-state index is 0.183. The van der Waals surface area contributed by atoms with Gasteiger partial charge in [-0.25, -0.2) is 9.79 Å². The van der Waals surface area contributed by atoms with Crippen molar-refractivity contribution in [3.63, 3.8) is 0 Å². The van der Waals surface area contributed by atoms with Crippen LogP contribution in [0.1, 0.15) is 11.3 Å². The van der Waals surface area contributed by atoms with Crippen molar-refractivity contribution in [3.05, 3.63) is 65.6 Å². The lowest BCUT2D eigenvalue weighted by Gasteiger charge is -2.01. The molecule has 2 aromatic carbocycles. The number of benzene rings is 2. The van der Waals surface area contributed by atoms with E-state index in [2.05, 4.69) is 4.99 Å². The monoisotopic (exact) mass is 333 g/mol. The lowest BCUT2D eigenvalue weighted by Crippen LogP contribution is -2.05. The van der Waals surface area contributed by atoms with Crippen LogP contribution in [0.2, 0.25) is 0 Å². The molecule has 3 aromatic rings. The Balaban J connectivity index is 1.50. The molecule has 122 valence electrons. The largest absolute Gasteiger partial charge is 0.457 e. The highest BCUT2D eigenvalue weighted by atomic mass is 16.7. The normalized spacial score (nSPS) is 17.2. The van der Waals surface area contributed by atoms with Crippen molar-refractivity contribution in [2.75, 3.05) is 6.79 Å². The predicted molar refractivity (Wildman–Crippen MR) is 89.4 cm³/mol. The first kappa shape index (κ1) is 13.9. The van der Waals surface area contributed by atoms with Crippen LogP contribution in [0.4, 0.5) is 0 Å². The van der Waals surface area contributed by atoms with Crippen LogP contribution in [-0.2, 0) is 9.53 Å². The highest BCUT2D eigenvalue weighted by molar-refractivity contribution is 6.13. The maximum atomic E-state index is 12.1. The summed E-state index contributed by atoms with van der Waals surface area (Å²) in [7, 11) is 0. The number of carbonyl (C=O) groups excluding carboxylic acids is 1. The second-order valence-corrected chi connectivity index (χ2v) is 5.59. The van der Waals surface area contributed by atoms with Gasteiger partial charge in [0, 0.05) is 17.0 Å². The van der Waals surface area contributed by atoms with E-state index in [0.29, 0.717) is 22.8 Å². The number of carbonyl (C=O) groups is 1. The van der Waals surface area contributed by atoms with Gasteiger partial charge >= 0.3 is 5.97 Å². The summed E-state index contributed by atoms with van der Waals surface area (Å²) in [6.45, 7) is 0.183. The third-order valence-corrected chi connectivity index (χ3v) is 3.96. The summed E-state index contributed by atoms with van der Waals surface area (Å²) < 4.78 is 21.6. The van der Waals surface area contributed by atoms with Gasteiger partial charge in [-0.1, -0.05) is 18.2 Å². The molecule has 6 nitrogen and oxygen atoms in total. The summed E-state index contributed by atoms with van der Waals surface area (Å²) in [6, 6.07) is 14.7. The highest BCUT2D eigenvalue weighted by Crippen LogP contribution is 2.33. The number of hydrogen-bond acceptors (Lipinski definition) is 6. The fourth-order valence-corrected chi connectivity index (χ4v) is 2.77. The number of rotatable bonds is 2. The van der Waals surface area contributed by atoms with E-state index in [1.54, 1.807) is 24.3 Å². The topological polar surface area (TPSA) is 70.3 Å². The van der Waals surface area contributed by atoms with E-state index in [1.165, 1.54) is 0 Å². The van der Waals surface area contributed by atoms with Gasteiger partial charge in [0.15, 0.2) is 17.2 Å². The number of furan rings is 1. The smallest absolute Gasteiger partial charge is 0.363 e. The van der Waals surface area contributed by atoms with Crippen LogP contribution in [0.25, 0.3) is 17.0 Å². The van der Waals surface area contributed by atoms with Gasteiger partial charge in [0.1, 0.15) is 11.3 Å². The zero-order valence-corrected chi connectivity index (χ0v) is 12.9. The zero-order valence-electron chi connectivity index (χ0n) is 12.9. The molecule has 2 aliphatic rings. The molecule has 0 bridgehead atoms. The minimum atomic E-state index is -0.520. The van der Waals surface area contributed by atoms with E-state index < -0.39 is 5.97 Å². The standard InChI is InChI=1S/C19H11NO5/c21-19-14(9-13-7-11-3-1-2-4-15(11)24-13)20-18(25-19)12-5-6-16-17(8-12)23-10-22-16/h1-9H,10H2. The summed E-state index contributed by atoms with van der Waals surface area (Å²) >= 11 is 0. The summed E-state index contributed by atoms with van der Waals surface area (Å²) in [4.78, 5) is 16.4.